The number of urea groups is 1. The summed E-state index contributed by atoms with van der Waals surface area (Å²) in [5, 5.41) is 8.70. The van der Waals surface area contributed by atoms with Crippen molar-refractivity contribution in [3.8, 4) is 11.1 Å². The van der Waals surface area contributed by atoms with Gasteiger partial charge in [-0.2, -0.15) is 9.40 Å². The molecule has 1 aromatic heterocycles. The van der Waals surface area contributed by atoms with Gasteiger partial charge in [0.05, 0.1) is 6.20 Å². The zero-order valence-corrected chi connectivity index (χ0v) is 17.1. The van der Waals surface area contributed by atoms with Crippen LogP contribution < -0.4 is 5.32 Å². The quantitative estimate of drug-likeness (QED) is 0.643. The molecular formula is C20H19F2N5O3S. The van der Waals surface area contributed by atoms with Crippen molar-refractivity contribution in [2.24, 2.45) is 0 Å². The smallest absolute Gasteiger partial charge is 0.321 e. The fourth-order valence-electron chi connectivity index (χ4n) is 3.34. The number of carbonyl (C=O) groups is 1. The Morgan fingerprint density at radius 2 is 1.81 bits per heavy atom. The number of halogens is 2. The molecule has 2 N–H and O–H groups in total. The van der Waals surface area contributed by atoms with Crippen molar-refractivity contribution >= 4 is 21.7 Å². The molecule has 1 aliphatic rings. The van der Waals surface area contributed by atoms with Crippen LogP contribution in [0.2, 0.25) is 0 Å². The lowest BCUT2D eigenvalue weighted by molar-refractivity contribution is 0.184. The van der Waals surface area contributed by atoms with Gasteiger partial charge in [0.15, 0.2) is 5.03 Å². The lowest BCUT2D eigenvalue weighted by Gasteiger charge is -2.33. The van der Waals surface area contributed by atoms with Crippen molar-refractivity contribution in [1.82, 2.24) is 19.4 Å². The maximum absolute atomic E-state index is 14.5. The molecule has 0 unspecified atom stereocenters. The third kappa shape index (κ3) is 4.42. The Balaban J connectivity index is 1.39. The summed E-state index contributed by atoms with van der Waals surface area (Å²) in [6.45, 7) is 0.620. The number of nitrogens with zero attached hydrogens (tertiary/aromatic N) is 3. The number of H-pyrrole nitrogens is 1. The second kappa shape index (κ2) is 8.44. The van der Waals surface area contributed by atoms with Gasteiger partial charge in [0.2, 0.25) is 0 Å². The van der Waals surface area contributed by atoms with Gasteiger partial charge in [-0.1, -0.05) is 12.1 Å². The van der Waals surface area contributed by atoms with E-state index in [-0.39, 0.29) is 42.5 Å². The predicted octanol–water partition coefficient (Wildman–Crippen LogP) is 2.89. The molecule has 0 bridgehead atoms. The lowest BCUT2D eigenvalue weighted by Crippen LogP contribution is -2.51. The average molecular weight is 447 g/mol. The van der Waals surface area contributed by atoms with E-state index in [1.54, 1.807) is 6.07 Å². The van der Waals surface area contributed by atoms with Crippen molar-refractivity contribution < 1.29 is 22.0 Å². The predicted molar refractivity (Wildman–Crippen MR) is 110 cm³/mol. The Hall–Kier alpha value is -3.31. The third-order valence-electron chi connectivity index (χ3n) is 4.97. The van der Waals surface area contributed by atoms with E-state index in [0.29, 0.717) is 5.56 Å². The summed E-state index contributed by atoms with van der Waals surface area (Å²) in [6.07, 6.45) is 1.36. The first-order valence-electron chi connectivity index (χ1n) is 9.45. The molecule has 31 heavy (non-hydrogen) atoms. The van der Waals surface area contributed by atoms with E-state index >= 15 is 0 Å². The summed E-state index contributed by atoms with van der Waals surface area (Å²) in [4.78, 5) is 14.0. The molecule has 1 aliphatic heterocycles. The van der Waals surface area contributed by atoms with Crippen LogP contribution in [0.4, 0.5) is 19.3 Å². The number of amides is 2. The summed E-state index contributed by atoms with van der Waals surface area (Å²) in [6, 6.07) is 10.7. The van der Waals surface area contributed by atoms with E-state index in [9.17, 15) is 22.0 Å². The number of nitrogens with one attached hydrogen (secondary N) is 2. The van der Waals surface area contributed by atoms with E-state index < -0.39 is 27.7 Å². The summed E-state index contributed by atoms with van der Waals surface area (Å²) < 4.78 is 54.2. The first-order valence-corrected chi connectivity index (χ1v) is 10.9. The highest BCUT2D eigenvalue weighted by Crippen LogP contribution is 2.26. The molecule has 8 nitrogen and oxygen atoms in total. The number of sulfonamides is 1. The van der Waals surface area contributed by atoms with E-state index in [4.69, 9.17) is 0 Å². The van der Waals surface area contributed by atoms with Crippen molar-refractivity contribution in [3.63, 3.8) is 0 Å². The van der Waals surface area contributed by atoms with Crippen molar-refractivity contribution in [3.05, 3.63) is 66.4 Å². The molecule has 0 aliphatic carbocycles. The maximum atomic E-state index is 14.5. The van der Waals surface area contributed by atoms with Gasteiger partial charge >= 0.3 is 6.03 Å². The van der Waals surface area contributed by atoms with Gasteiger partial charge in [-0.25, -0.2) is 22.0 Å². The topological polar surface area (TPSA) is 98.4 Å². The Morgan fingerprint density at radius 1 is 1.03 bits per heavy atom. The highest BCUT2D eigenvalue weighted by Gasteiger charge is 2.31. The number of aromatic nitrogens is 2. The fraction of sp³-hybridized carbons (Fsp3) is 0.200. The minimum Gasteiger partial charge on any atom is -0.322 e. The Kier molecular flexibility index (Phi) is 5.70. The first-order chi connectivity index (χ1) is 14.8. The number of anilines is 1. The molecule has 0 atom stereocenters. The largest absolute Gasteiger partial charge is 0.322 e. The minimum absolute atomic E-state index is 0.000682. The van der Waals surface area contributed by atoms with Crippen LogP contribution >= 0.6 is 0 Å². The molecule has 2 aromatic carbocycles. The minimum atomic E-state index is -3.69. The molecule has 11 heteroatoms. The summed E-state index contributed by atoms with van der Waals surface area (Å²) in [5.41, 5.74) is 0.857. The Labute approximate surface area is 177 Å². The number of benzene rings is 2. The van der Waals surface area contributed by atoms with Gasteiger partial charge in [0, 0.05) is 37.4 Å². The highest BCUT2D eigenvalue weighted by molar-refractivity contribution is 7.89. The van der Waals surface area contributed by atoms with Crippen LogP contribution in [0.5, 0.6) is 0 Å². The SMILES string of the molecule is O=C(Nc1ccc(-c2cccc(F)c2)c(F)c1)N1CCN(S(=O)(=O)c2ccn[nH]2)CC1. The molecule has 162 valence electrons. The molecule has 1 fully saturated rings. The van der Waals surface area contributed by atoms with Gasteiger partial charge in [-0.15, -0.1) is 0 Å². The molecular weight excluding hydrogens is 428 g/mol. The van der Waals surface area contributed by atoms with E-state index in [0.717, 1.165) is 6.07 Å². The zero-order chi connectivity index (χ0) is 22.0. The van der Waals surface area contributed by atoms with Crippen LogP contribution in [-0.2, 0) is 10.0 Å². The number of carbonyl (C=O) groups excluding carboxylic acids is 1. The van der Waals surface area contributed by atoms with E-state index in [1.165, 1.54) is 51.8 Å². The second-order valence-corrected chi connectivity index (χ2v) is 8.85. The standard InChI is InChI=1S/C20H19F2N5O3S/c21-15-3-1-2-14(12-15)17-5-4-16(13-18(17)22)24-20(28)26-8-10-27(11-9-26)31(29,30)19-6-7-23-25-19/h1-7,12-13H,8-11H2,(H,23,25)(H,24,28). The number of hydrogen-bond donors (Lipinski definition) is 2. The van der Waals surface area contributed by atoms with Crippen LogP contribution in [0.1, 0.15) is 0 Å². The van der Waals surface area contributed by atoms with Gasteiger partial charge < -0.3 is 10.2 Å². The molecule has 4 rings (SSSR count). The molecule has 1 saturated heterocycles. The monoisotopic (exact) mass is 447 g/mol. The molecule has 2 amide bonds. The molecule has 2 heterocycles. The highest BCUT2D eigenvalue weighted by atomic mass is 32.2. The molecule has 3 aromatic rings. The number of piperazine rings is 1. The van der Waals surface area contributed by atoms with Crippen LogP contribution in [0.3, 0.4) is 0 Å². The third-order valence-corrected chi connectivity index (χ3v) is 6.80. The normalized spacial score (nSPS) is 15.1. The summed E-state index contributed by atoms with van der Waals surface area (Å²) in [5.74, 6) is -1.07. The fourth-order valence-corrected chi connectivity index (χ4v) is 4.67. The maximum Gasteiger partial charge on any atom is 0.321 e. The molecule has 0 spiro atoms. The van der Waals surface area contributed by atoms with Crippen molar-refractivity contribution in [2.45, 2.75) is 5.03 Å². The van der Waals surface area contributed by atoms with E-state index in [2.05, 4.69) is 15.5 Å². The Bertz CT molecular complexity index is 1190. The molecule has 0 saturated carbocycles. The number of hydrogen-bond acceptors (Lipinski definition) is 4. The van der Waals surface area contributed by atoms with Gasteiger partial charge in [0.1, 0.15) is 11.6 Å². The summed E-state index contributed by atoms with van der Waals surface area (Å²) in [7, 11) is -3.69. The zero-order valence-electron chi connectivity index (χ0n) is 16.3. The van der Waals surface area contributed by atoms with Gasteiger partial charge in [-0.3, -0.25) is 5.10 Å². The Morgan fingerprint density at radius 3 is 2.45 bits per heavy atom. The second-order valence-electron chi connectivity index (χ2n) is 6.95. The first kappa shape index (κ1) is 20.9. The van der Waals surface area contributed by atoms with Crippen LogP contribution in [0.15, 0.2) is 59.8 Å². The van der Waals surface area contributed by atoms with Gasteiger partial charge in [0.25, 0.3) is 10.0 Å². The van der Waals surface area contributed by atoms with Crippen molar-refractivity contribution in [2.75, 3.05) is 31.5 Å². The molecule has 0 radical (unpaired) electrons. The van der Waals surface area contributed by atoms with Gasteiger partial charge in [-0.05, 0) is 42.0 Å². The van der Waals surface area contributed by atoms with Crippen LogP contribution in [0.25, 0.3) is 11.1 Å². The average Bonchev–Trinajstić information content (AvgIpc) is 3.30. The van der Waals surface area contributed by atoms with Crippen molar-refractivity contribution in [1.29, 1.82) is 0 Å². The lowest BCUT2D eigenvalue weighted by atomic mass is 10.0. The summed E-state index contributed by atoms with van der Waals surface area (Å²) >= 11 is 0. The number of aromatic amines is 1. The van der Waals surface area contributed by atoms with E-state index in [1.807, 2.05) is 0 Å². The van der Waals surface area contributed by atoms with Crippen LogP contribution in [-0.4, -0.2) is 60.0 Å². The van der Waals surface area contributed by atoms with Crippen LogP contribution in [0, 0.1) is 11.6 Å². The number of rotatable bonds is 4.